The van der Waals surface area contributed by atoms with Crippen LogP contribution in [0, 0.1) is 0 Å². The SMILES string of the molecule is O=C(/C=C/CCC[C@H](OC(=O)NC(=O)c1ccccc1)c1ccc(O)cc1)NO. The predicted molar refractivity (Wildman–Crippen MR) is 104 cm³/mol. The maximum Gasteiger partial charge on any atom is 0.414 e. The molecule has 0 radical (unpaired) electrons. The Labute approximate surface area is 167 Å². The highest BCUT2D eigenvalue weighted by atomic mass is 16.6. The van der Waals surface area contributed by atoms with Crippen LogP contribution in [-0.2, 0) is 9.53 Å². The lowest BCUT2D eigenvalue weighted by atomic mass is 10.0. The number of hydroxylamine groups is 1. The van der Waals surface area contributed by atoms with Crippen molar-refractivity contribution in [3.8, 4) is 5.75 Å². The fourth-order valence-electron chi connectivity index (χ4n) is 2.54. The third-order valence-electron chi connectivity index (χ3n) is 3.98. The molecule has 8 nitrogen and oxygen atoms in total. The standard InChI is InChI=1S/C21H22N2O6/c24-17-13-11-15(12-14-17)18(9-5-2-6-10-19(25)23-28)29-21(27)22-20(26)16-7-3-1-4-8-16/h1,3-4,6-8,10-14,18,24,28H,2,5,9H2,(H,23,25)(H,22,26,27)/b10-6+/t18-/m0/s1. The Morgan fingerprint density at radius 1 is 1.03 bits per heavy atom. The molecule has 2 aromatic rings. The summed E-state index contributed by atoms with van der Waals surface area (Å²) in [6.07, 6.45) is 2.74. The second kappa shape index (κ2) is 11.3. The van der Waals surface area contributed by atoms with Gasteiger partial charge in [-0.25, -0.2) is 10.3 Å². The van der Waals surface area contributed by atoms with E-state index in [-0.39, 0.29) is 5.75 Å². The second-order valence-corrected chi connectivity index (χ2v) is 6.11. The van der Waals surface area contributed by atoms with E-state index in [1.165, 1.54) is 23.7 Å². The summed E-state index contributed by atoms with van der Waals surface area (Å²) < 4.78 is 5.42. The zero-order valence-corrected chi connectivity index (χ0v) is 15.6. The van der Waals surface area contributed by atoms with E-state index in [1.807, 2.05) is 0 Å². The molecule has 0 saturated heterocycles. The maximum atomic E-state index is 12.2. The molecule has 0 aromatic heterocycles. The summed E-state index contributed by atoms with van der Waals surface area (Å²) >= 11 is 0. The van der Waals surface area contributed by atoms with Gasteiger partial charge in [0.15, 0.2) is 0 Å². The van der Waals surface area contributed by atoms with E-state index < -0.39 is 24.0 Å². The molecule has 0 aliphatic rings. The zero-order chi connectivity index (χ0) is 21.1. The highest BCUT2D eigenvalue weighted by Crippen LogP contribution is 2.25. The van der Waals surface area contributed by atoms with Gasteiger partial charge in [0.05, 0.1) is 0 Å². The van der Waals surface area contributed by atoms with Gasteiger partial charge in [0.2, 0.25) is 0 Å². The first-order chi connectivity index (χ1) is 14.0. The third kappa shape index (κ3) is 7.47. The molecule has 0 unspecified atom stereocenters. The molecule has 152 valence electrons. The van der Waals surface area contributed by atoms with Gasteiger partial charge in [-0.2, -0.15) is 0 Å². The van der Waals surface area contributed by atoms with Crippen LogP contribution in [0.5, 0.6) is 5.75 Å². The van der Waals surface area contributed by atoms with Crippen LogP contribution in [0.25, 0.3) is 0 Å². The summed E-state index contributed by atoms with van der Waals surface area (Å²) in [5.74, 6) is -1.12. The minimum Gasteiger partial charge on any atom is -0.508 e. The van der Waals surface area contributed by atoms with Crippen LogP contribution in [0.15, 0.2) is 66.7 Å². The second-order valence-electron chi connectivity index (χ2n) is 6.11. The number of carbonyl (C=O) groups is 3. The van der Waals surface area contributed by atoms with E-state index in [4.69, 9.17) is 9.94 Å². The van der Waals surface area contributed by atoms with Gasteiger partial charge in [-0.1, -0.05) is 36.4 Å². The Balaban J connectivity index is 1.98. The number of unbranched alkanes of at least 4 members (excludes halogenated alkanes) is 1. The smallest absolute Gasteiger partial charge is 0.414 e. The number of phenolic OH excluding ortho intramolecular Hbond substituents is 1. The van der Waals surface area contributed by atoms with E-state index in [0.29, 0.717) is 30.4 Å². The molecule has 0 aliphatic heterocycles. The van der Waals surface area contributed by atoms with E-state index in [9.17, 15) is 19.5 Å². The minimum atomic E-state index is -0.882. The molecule has 3 amide bonds. The first-order valence-electron chi connectivity index (χ1n) is 8.96. The van der Waals surface area contributed by atoms with Crippen LogP contribution < -0.4 is 10.8 Å². The number of hydrogen-bond acceptors (Lipinski definition) is 6. The summed E-state index contributed by atoms with van der Waals surface area (Å²) in [7, 11) is 0. The Bertz CT molecular complexity index is 849. The van der Waals surface area contributed by atoms with E-state index in [2.05, 4.69) is 5.32 Å². The van der Waals surface area contributed by atoms with Crippen molar-refractivity contribution in [3.63, 3.8) is 0 Å². The lowest BCUT2D eigenvalue weighted by Crippen LogP contribution is -2.32. The number of hydrogen-bond donors (Lipinski definition) is 4. The van der Waals surface area contributed by atoms with Crippen molar-refractivity contribution in [1.82, 2.24) is 10.8 Å². The summed E-state index contributed by atoms with van der Waals surface area (Å²) in [5.41, 5.74) is 2.48. The number of amides is 3. The van der Waals surface area contributed by atoms with Crippen molar-refractivity contribution >= 4 is 17.9 Å². The van der Waals surface area contributed by atoms with Gasteiger partial charge in [-0.3, -0.25) is 20.1 Å². The monoisotopic (exact) mass is 398 g/mol. The number of alkyl carbamates (subject to hydrolysis) is 1. The number of benzene rings is 2. The number of phenols is 1. The number of rotatable bonds is 8. The third-order valence-corrected chi connectivity index (χ3v) is 3.98. The number of nitrogens with one attached hydrogen (secondary N) is 2. The summed E-state index contributed by atoms with van der Waals surface area (Å²) in [6, 6.07) is 14.5. The molecule has 2 rings (SSSR count). The van der Waals surface area contributed by atoms with Gasteiger partial charge in [-0.05, 0) is 49.1 Å². The normalized spacial score (nSPS) is 11.6. The first kappa shape index (κ1) is 21.6. The summed E-state index contributed by atoms with van der Waals surface area (Å²) in [6.45, 7) is 0. The molecule has 0 saturated carbocycles. The number of imide groups is 1. The Morgan fingerprint density at radius 2 is 1.72 bits per heavy atom. The van der Waals surface area contributed by atoms with Crippen LogP contribution in [0.3, 0.4) is 0 Å². The van der Waals surface area contributed by atoms with E-state index in [1.54, 1.807) is 48.5 Å². The van der Waals surface area contributed by atoms with Crippen LogP contribution in [0.1, 0.15) is 41.3 Å². The van der Waals surface area contributed by atoms with Gasteiger partial charge < -0.3 is 9.84 Å². The van der Waals surface area contributed by atoms with Crippen LogP contribution in [0.4, 0.5) is 4.79 Å². The fourth-order valence-corrected chi connectivity index (χ4v) is 2.54. The molecule has 0 spiro atoms. The van der Waals surface area contributed by atoms with Crippen molar-refractivity contribution < 1.29 is 29.4 Å². The van der Waals surface area contributed by atoms with Gasteiger partial charge in [0.25, 0.3) is 11.8 Å². The van der Waals surface area contributed by atoms with Crippen molar-refractivity contribution in [1.29, 1.82) is 0 Å². The molecular formula is C21H22N2O6. The molecule has 29 heavy (non-hydrogen) atoms. The predicted octanol–water partition coefficient (Wildman–Crippen LogP) is 3.23. The average Bonchev–Trinajstić information content (AvgIpc) is 2.73. The quantitative estimate of drug-likeness (QED) is 0.234. The molecule has 8 heteroatoms. The van der Waals surface area contributed by atoms with Gasteiger partial charge >= 0.3 is 6.09 Å². The van der Waals surface area contributed by atoms with Crippen LogP contribution in [0.2, 0.25) is 0 Å². The van der Waals surface area contributed by atoms with Crippen molar-refractivity contribution in [2.24, 2.45) is 0 Å². The molecule has 0 heterocycles. The van der Waals surface area contributed by atoms with E-state index >= 15 is 0 Å². The van der Waals surface area contributed by atoms with Crippen LogP contribution in [-0.4, -0.2) is 28.2 Å². The van der Waals surface area contributed by atoms with Crippen molar-refractivity contribution in [2.75, 3.05) is 0 Å². The number of ether oxygens (including phenoxy) is 1. The van der Waals surface area contributed by atoms with Gasteiger partial charge in [0, 0.05) is 11.6 Å². The number of allylic oxidation sites excluding steroid dienone is 1. The molecule has 0 bridgehead atoms. The molecular weight excluding hydrogens is 376 g/mol. The lowest BCUT2D eigenvalue weighted by molar-refractivity contribution is -0.124. The van der Waals surface area contributed by atoms with Gasteiger partial charge in [0.1, 0.15) is 11.9 Å². The lowest BCUT2D eigenvalue weighted by Gasteiger charge is -2.18. The summed E-state index contributed by atoms with van der Waals surface area (Å²) in [5, 5.41) is 20.1. The van der Waals surface area contributed by atoms with Crippen LogP contribution >= 0.6 is 0 Å². The van der Waals surface area contributed by atoms with E-state index in [0.717, 1.165) is 0 Å². The Kier molecular flexibility index (Phi) is 8.40. The highest BCUT2D eigenvalue weighted by Gasteiger charge is 2.19. The van der Waals surface area contributed by atoms with Crippen molar-refractivity contribution in [2.45, 2.75) is 25.4 Å². The summed E-state index contributed by atoms with van der Waals surface area (Å²) in [4.78, 5) is 35.2. The number of carbonyl (C=O) groups excluding carboxylic acids is 3. The zero-order valence-electron chi connectivity index (χ0n) is 15.6. The highest BCUT2D eigenvalue weighted by molar-refractivity contribution is 6.02. The van der Waals surface area contributed by atoms with Gasteiger partial charge in [-0.15, -0.1) is 0 Å². The molecule has 4 N–H and O–H groups in total. The molecule has 2 aromatic carbocycles. The number of aromatic hydroxyl groups is 1. The van der Waals surface area contributed by atoms with Crippen molar-refractivity contribution in [3.05, 3.63) is 77.9 Å². The molecule has 0 fully saturated rings. The average molecular weight is 398 g/mol. The topological polar surface area (TPSA) is 125 Å². The first-order valence-corrected chi connectivity index (χ1v) is 8.96. The maximum absolute atomic E-state index is 12.2. The molecule has 1 atom stereocenters. The Hall–Kier alpha value is -3.65. The fraction of sp³-hybridized carbons (Fsp3) is 0.190. The molecule has 0 aliphatic carbocycles. The largest absolute Gasteiger partial charge is 0.508 e. The minimum absolute atomic E-state index is 0.0779. The Morgan fingerprint density at radius 3 is 2.38 bits per heavy atom.